The minimum absolute atomic E-state index is 0.0888. The van der Waals surface area contributed by atoms with Gasteiger partial charge in [-0.1, -0.05) is 18.2 Å². The summed E-state index contributed by atoms with van der Waals surface area (Å²) in [4.78, 5) is 12.1. The second kappa shape index (κ2) is 5.41. The smallest absolute Gasteiger partial charge is 0.140 e. The molecule has 1 aromatic rings. The third-order valence-corrected chi connectivity index (χ3v) is 3.40. The number of benzene rings is 1. The first kappa shape index (κ1) is 12.2. The van der Waals surface area contributed by atoms with Crippen LogP contribution >= 0.6 is 0 Å². The van der Waals surface area contributed by atoms with Gasteiger partial charge in [-0.05, 0) is 37.9 Å². The second-order valence-electron chi connectivity index (χ2n) is 4.81. The quantitative estimate of drug-likeness (QED) is 0.871. The number of Topliss-reactive ketones (excluding diaryl/α,β-unsaturated/α-hetero) is 1. The van der Waals surface area contributed by atoms with Crippen molar-refractivity contribution in [2.45, 2.75) is 32.2 Å². The largest absolute Gasteiger partial charge is 0.314 e. The van der Waals surface area contributed by atoms with Crippen molar-refractivity contribution in [2.24, 2.45) is 5.92 Å². The van der Waals surface area contributed by atoms with Crippen LogP contribution in [0.5, 0.6) is 0 Å². The molecule has 1 fully saturated rings. The number of piperidine rings is 1. The lowest BCUT2D eigenvalue weighted by atomic mass is 9.87. The average Bonchev–Trinajstić information content (AvgIpc) is 2.32. The average molecular weight is 235 g/mol. The van der Waals surface area contributed by atoms with Crippen molar-refractivity contribution in [3.8, 4) is 0 Å². The monoisotopic (exact) mass is 235 g/mol. The Bertz CT molecular complexity index is 405. The van der Waals surface area contributed by atoms with Crippen molar-refractivity contribution >= 4 is 5.78 Å². The third kappa shape index (κ3) is 3.13. The number of carbonyl (C=O) groups is 1. The Kier molecular flexibility index (Phi) is 3.89. The molecular weight excluding hydrogens is 217 g/mol. The summed E-state index contributed by atoms with van der Waals surface area (Å²) in [6.07, 6.45) is 1.97. The van der Waals surface area contributed by atoms with Crippen LogP contribution in [0.15, 0.2) is 24.3 Å². The van der Waals surface area contributed by atoms with E-state index in [1.54, 1.807) is 18.2 Å². The maximum absolute atomic E-state index is 13.4. The van der Waals surface area contributed by atoms with Gasteiger partial charge < -0.3 is 5.32 Å². The van der Waals surface area contributed by atoms with E-state index >= 15 is 0 Å². The Morgan fingerprint density at radius 2 is 2.24 bits per heavy atom. The van der Waals surface area contributed by atoms with Gasteiger partial charge in [0.25, 0.3) is 0 Å². The summed E-state index contributed by atoms with van der Waals surface area (Å²) in [5.41, 5.74) is 0.517. The van der Waals surface area contributed by atoms with E-state index in [0.29, 0.717) is 11.6 Å². The van der Waals surface area contributed by atoms with Gasteiger partial charge in [0, 0.05) is 18.4 Å². The standard InChI is InChI=1S/C14H18FNO/c1-10-8-12(6-7-16-10)14(17)9-11-4-2-3-5-13(11)15/h2-5,10,12,16H,6-9H2,1H3/t10-,12+/m1/s1. The molecule has 92 valence electrons. The minimum Gasteiger partial charge on any atom is -0.314 e. The van der Waals surface area contributed by atoms with Crippen LogP contribution in [0.4, 0.5) is 4.39 Å². The van der Waals surface area contributed by atoms with Crippen LogP contribution in [-0.4, -0.2) is 18.4 Å². The van der Waals surface area contributed by atoms with Gasteiger partial charge in [0.1, 0.15) is 11.6 Å². The van der Waals surface area contributed by atoms with Crippen LogP contribution in [0.2, 0.25) is 0 Å². The molecular formula is C14H18FNO. The van der Waals surface area contributed by atoms with E-state index in [1.807, 2.05) is 0 Å². The van der Waals surface area contributed by atoms with Crippen LogP contribution in [-0.2, 0) is 11.2 Å². The number of carbonyl (C=O) groups excluding carboxylic acids is 1. The van der Waals surface area contributed by atoms with E-state index in [9.17, 15) is 9.18 Å². The topological polar surface area (TPSA) is 29.1 Å². The van der Waals surface area contributed by atoms with Crippen molar-refractivity contribution in [2.75, 3.05) is 6.54 Å². The fourth-order valence-corrected chi connectivity index (χ4v) is 2.40. The molecule has 2 rings (SSSR count). The van der Waals surface area contributed by atoms with Crippen LogP contribution in [0.1, 0.15) is 25.3 Å². The molecule has 1 N–H and O–H groups in total. The number of hydrogen-bond donors (Lipinski definition) is 1. The summed E-state index contributed by atoms with van der Waals surface area (Å²) in [6.45, 7) is 2.97. The Balaban J connectivity index is 1.99. The molecule has 17 heavy (non-hydrogen) atoms. The first-order valence-electron chi connectivity index (χ1n) is 6.16. The number of nitrogens with one attached hydrogen (secondary N) is 1. The van der Waals surface area contributed by atoms with Crippen LogP contribution < -0.4 is 5.32 Å². The molecule has 0 unspecified atom stereocenters. The van der Waals surface area contributed by atoms with Gasteiger partial charge in [0.15, 0.2) is 0 Å². The van der Waals surface area contributed by atoms with Gasteiger partial charge in [0.2, 0.25) is 0 Å². The highest BCUT2D eigenvalue weighted by molar-refractivity contribution is 5.83. The number of hydrogen-bond acceptors (Lipinski definition) is 2. The number of rotatable bonds is 3. The Morgan fingerprint density at radius 3 is 2.94 bits per heavy atom. The maximum atomic E-state index is 13.4. The molecule has 2 atom stereocenters. The Hall–Kier alpha value is -1.22. The zero-order valence-corrected chi connectivity index (χ0v) is 10.1. The van der Waals surface area contributed by atoms with E-state index in [0.717, 1.165) is 19.4 Å². The first-order valence-corrected chi connectivity index (χ1v) is 6.16. The van der Waals surface area contributed by atoms with Gasteiger partial charge in [0.05, 0.1) is 0 Å². The molecule has 1 aromatic carbocycles. The predicted octanol–water partition coefficient (Wildman–Crippen LogP) is 2.33. The molecule has 1 saturated heterocycles. The van der Waals surface area contributed by atoms with Gasteiger partial charge in [-0.15, -0.1) is 0 Å². The van der Waals surface area contributed by atoms with E-state index in [2.05, 4.69) is 12.2 Å². The lowest BCUT2D eigenvalue weighted by Crippen LogP contribution is -2.38. The fourth-order valence-electron chi connectivity index (χ4n) is 2.40. The number of halogens is 1. The van der Waals surface area contributed by atoms with Gasteiger partial charge in [-0.3, -0.25) is 4.79 Å². The summed E-state index contributed by atoms with van der Waals surface area (Å²) in [7, 11) is 0. The minimum atomic E-state index is -0.275. The molecule has 0 saturated carbocycles. The van der Waals surface area contributed by atoms with Gasteiger partial charge >= 0.3 is 0 Å². The normalized spacial score (nSPS) is 24.6. The van der Waals surface area contributed by atoms with E-state index in [1.165, 1.54) is 6.07 Å². The molecule has 1 aliphatic rings. The first-order chi connectivity index (χ1) is 8.16. The van der Waals surface area contributed by atoms with Crippen LogP contribution in [0.25, 0.3) is 0 Å². The zero-order chi connectivity index (χ0) is 12.3. The molecule has 1 aliphatic heterocycles. The van der Waals surface area contributed by atoms with Gasteiger partial charge in [-0.25, -0.2) is 4.39 Å². The molecule has 0 aliphatic carbocycles. The predicted molar refractivity (Wildman–Crippen MR) is 65.3 cm³/mol. The van der Waals surface area contributed by atoms with Crippen molar-refractivity contribution < 1.29 is 9.18 Å². The van der Waals surface area contributed by atoms with Crippen molar-refractivity contribution in [3.05, 3.63) is 35.6 Å². The summed E-state index contributed by atoms with van der Waals surface area (Å²) >= 11 is 0. The van der Waals surface area contributed by atoms with Crippen molar-refractivity contribution in [1.29, 1.82) is 0 Å². The molecule has 1 heterocycles. The maximum Gasteiger partial charge on any atom is 0.140 e. The highest BCUT2D eigenvalue weighted by atomic mass is 19.1. The summed E-state index contributed by atoms with van der Waals surface area (Å²) in [5, 5.41) is 3.32. The van der Waals surface area contributed by atoms with Crippen molar-refractivity contribution in [1.82, 2.24) is 5.32 Å². The zero-order valence-electron chi connectivity index (χ0n) is 10.1. The molecule has 3 heteroatoms. The van der Waals surface area contributed by atoms with E-state index in [-0.39, 0.29) is 23.9 Å². The highest BCUT2D eigenvalue weighted by Gasteiger charge is 2.24. The lowest BCUT2D eigenvalue weighted by Gasteiger charge is -2.27. The molecule has 0 radical (unpaired) electrons. The number of ketones is 1. The Morgan fingerprint density at radius 1 is 1.47 bits per heavy atom. The summed E-state index contributed by atoms with van der Waals surface area (Å²) in [5.74, 6) is -0.0165. The lowest BCUT2D eigenvalue weighted by molar-refractivity contribution is -0.123. The molecule has 0 spiro atoms. The van der Waals surface area contributed by atoms with Gasteiger partial charge in [-0.2, -0.15) is 0 Å². The second-order valence-corrected chi connectivity index (χ2v) is 4.81. The molecule has 0 bridgehead atoms. The van der Waals surface area contributed by atoms with Crippen LogP contribution in [0, 0.1) is 11.7 Å². The highest BCUT2D eigenvalue weighted by Crippen LogP contribution is 2.19. The molecule has 0 aromatic heterocycles. The molecule has 0 amide bonds. The Labute approximate surface area is 101 Å². The summed E-state index contributed by atoms with van der Waals surface area (Å²) < 4.78 is 13.4. The van der Waals surface area contributed by atoms with E-state index < -0.39 is 0 Å². The fraction of sp³-hybridized carbons (Fsp3) is 0.500. The van der Waals surface area contributed by atoms with Crippen LogP contribution in [0.3, 0.4) is 0 Å². The van der Waals surface area contributed by atoms with E-state index in [4.69, 9.17) is 0 Å². The molecule has 2 nitrogen and oxygen atoms in total. The third-order valence-electron chi connectivity index (χ3n) is 3.40. The van der Waals surface area contributed by atoms with Crippen molar-refractivity contribution in [3.63, 3.8) is 0 Å². The SMILES string of the molecule is C[C@@H]1C[C@@H](C(=O)Cc2ccccc2F)CCN1. The summed E-state index contributed by atoms with van der Waals surface area (Å²) in [6, 6.07) is 6.91.